The van der Waals surface area contributed by atoms with Gasteiger partial charge in [0, 0.05) is 47.8 Å². The molecule has 2 N–H and O–H groups in total. The molecule has 1 saturated heterocycles. The van der Waals surface area contributed by atoms with Gasteiger partial charge >= 0.3 is 0 Å². The Kier molecular flexibility index (Phi) is 3.24. The number of benzene rings is 1. The largest absolute Gasteiger partial charge is 0.346 e. The van der Waals surface area contributed by atoms with Crippen molar-refractivity contribution in [2.75, 3.05) is 18.8 Å². The Hall–Kier alpha value is -2.83. The Morgan fingerprint density at radius 1 is 1.37 bits per heavy atom. The Labute approximate surface area is 155 Å². The lowest BCUT2D eigenvalue weighted by Crippen LogP contribution is -2.64. The van der Waals surface area contributed by atoms with Gasteiger partial charge in [0.2, 0.25) is 10.0 Å². The molecule has 1 aliphatic heterocycles. The Bertz CT molecular complexity index is 1330. The Morgan fingerprint density at radius 3 is 2.93 bits per heavy atom. The van der Waals surface area contributed by atoms with Crippen LogP contribution >= 0.6 is 0 Å². The van der Waals surface area contributed by atoms with Crippen LogP contribution in [-0.2, 0) is 15.6 Å². The van der Waals surface area contributed by atoms with Gasteiger partial charge in [0.15, 0.2) is 0 Å². The number of nitrogens with zero attached hydrogens (tertiary/aromatic N) is 4. The van der Waals surface area contributed by atoms with E-state index in [-0.39, 0.29) is 12.2 Å². The molecule has 5 rings (SSSR count). The summed E-state index contributed by atoms with van der Waals surface area (Å²) in [7, 11) is -3.25. The van der Waals surface area contributed by atoms with E-state index in [0.717, 1.165) is 32.7 Å². The standard InChI is InChI=1S/C18H18N6O2S/c1-2-27(25,26)23-10-18(11-23,4-5-19)24-9-14-13-3-6-20-17-16(13)12(8-21-17)7-15(14)22-24/h3,6-9,22H,2,4,10-11H2,1H3,(H,20,21). The third-order valence-corrected chi connectivity index (χ3v) is 7.37. The normalized spacial score (nSPS) is 17.5. The number of nitriles is 1. The highest BCUT2D eigenvalue weighted by Crippen LogP contribution is 2.37. The first-order chi connectivity index (χ1) is 13.0. The van der Waals surface area contributed by atoms with Crippen molar-refractivity contribution in [2.24, 2.45) is 0 Å². The first kappa shape index (κ1) is 16.4. The van der Waals surface area contributed by atoms with E-state index >= 15 is 0 Å². The molecule has 1 aliphatic rings. The van der Waals surface area contributed by atoms with Crippen molar-refractivity contribution in [1.29, 1.82) is 5.26 Å². The van der Waals surface area contributed by atoms with Crippen molar-refractivity contribution >= 4 is 42.7 Å². The van der Waals surface area contributed by atoms with E-state index in [1.807, 2.05) is 35.4 Å². The summed E-state index contributed by atoms with van der Waals surface area (Å²) in [4.78, 5) is 7.56. The summed E-state index contributed by atoms with van der Waals surface area (Å²) in [5.74, 6) is 0.0691. The number of fused-ring (bicyclic) bond motifs is 2. The molecule has 0 atom stereocenters. The van der Waals surface area contributed by atoms with E-state index in [1.165, 1.54) is 4.31 Å². The highest BCUT2D eigenvalue weighted by Gasteiger charge is 2.49. The molecule has 0 radical (unpaired) electrons. The summed E-state index contributed by atoms with van der Waals surface area (Å²) in [6.07, 6.45) is 5.93. The molecular weight excluding hydrogens is 364 g/mol. The third-order valence-electron chi connectivity index (χ3n) is 5.60. The van der Waals surface area contributed by atoms with E-state index in [4.69, 9.17) is 0 Å². The van der Waals surface area contributed by atoms with Crippen LogP contribution in [0.1, 0.15) is 13.3 Å². The number of nitrogens with one attached hydrogen (secondary N) is 2. The third kappa shape index (κ3) is 2.17. The summed E-state index contributed by atoms with van der Waals surface area (Å²) < 4.78 is 27.7. The van der Waals surface area contributed by atoms with Gasteiger partial charge in [0.1, 0.15) is 11.2 Å². The van der Waals surface area contributed by atoms with Gasteiger partial charge in [-0.2, -0.15) is 9.57 Å². The number of hydrogen-bond acceptors (Lipinski definition) is 4. The zero-order valence-electron chi connectivity index (χ0n) is 14.7. The zero-order chi connectivity index (χ0) is 18.8. The number of aromatic amines is 2. The van der Waals surface area contributed by atoms with E-state index in [2.05, 4.69) is 21.1 Å². The second-order valence-electron chi connectivity index (χ2n) is 7.14. The quantitative estimate of drug-likeness (QED) is 0.564. The van der Waals surface area contributed by atoms with Gasteiger partial charge in [-0.15, -0.1) is 0 Å². The van der Waals surface area contributed by atoms with Crippen molar-refractivity contribution in [3.63, 3.8) is 0 Å². The molecule has 4 heterocycles. The van der Waals surface area contributed by atoms with E-state index in [1.54, 1.807) is 6.92 Å². The maximum Gasteiger partial charge on any atom is 0.213 e. The molecule has 0 saturated carbocycles. The minimum Gasteiger partial charge on any atom is -0.346 e. The molecule has 0 spiro atoms. The van der Waals surface area contributed by atoms with Crippen LogP contribution in [0.4, 0.5) is 0 Å². The van der Waals surface area contributed by atoms with Crippen LogP contribution in [0.25, 0.3) is 32.7 Å². The monoisotopic (exact) mass is 382 g/mol. The van der Waals surface area contributed by atoms with Crippen LogP contribution in [0.5, 0.6) is 0 Å². The predicted molar refractivity (Wildman–Crippen MR) is 103 cm³/mol. The molecule has 0 aliphatic carbocycles. The van der Waals surface area contributed by atoms with E-state index in [9.17, 15) is 13.7 Å². The molecule has 9 heteroatoms. The molecule has 27 heavy (non-hydrogen) atoms. The van der Waals surface area contributed by atoms with Gasteiger partial charge in [-0.25, -0.2) is 13.4 Å². The van der Waals surface area contributed by atoms with Crippen LogP contribution < -0.4 is 0 Å². The van der Waals surface area contributed by atoms with Crippen LogP contribution in [0.3, 0.4) is 0 Å². The second-order valence-corrected chi connectivity index (χ2v) is 9.40. The molecule has 4 aromatic rings. The van der Waals surface area contributed by atoms with Crippen LogP contribution in [-0.4, -0.2) is 51.3 Å². The van der Waals surface area contributed by atoms with Crippen molar-refractivity contribution in [3.05, 3.63) is 30.7 Å². The van der Waals surface area contributed by atoms with Gasteiger partial charge in [-0.3, -0.25) is 9.78 Å². The van der Waals surface area contributed by atoms with Gasteiger partial charge in [0.25, 0.3) is 0 Å². The molecule has 8 nitrogen and oxygen atoms in total. The highest BCUT2D eigenvalue weighted by molar-refractivity contribution is 7.89. The summed E-state index contributed by atoms with van der Waals surface area (Å²) in [6.45, 7) is 2.25. The van der Waals surface area contributed by atoms with Crippen molar-refractivity contribution in [1.82, 2.24) is 24.1 Å². The lowest BCUT2D eigenvalue weighted by atomic mass is 9.89. The first-order valence-electron chi connectivity index (χ1n) is 8.78. The summed E-state index contributed by atoms with van der Waals surface area (Å²) in [5, 5.41) is 16.9. The zero-order valence-corrected chi connectivity index (χ0v) is 15.5. The Balaban J connectivity index is 1.66. The molecule has 0 unspecified atom stereocenters. The van der Waals surface area contributed by atoms with Gasteiger partial charge < -0.3 is 4.98 Å². The number of pyridine rings is 1. The number of H-pyrrole nitrogens is 2. The Morgan fingerprint density at radius 2 is 2.19 bits per heavy atom. The lowest BCUT2D eigenvalue weighted by Gasteiger charge is -2.48. The van der Waals surface area contributed by atoms with Crippen LogP contribution in [0.2, 0.25) is 0 Å². The van der Waals surface area contributed by atoms with Gasteiger partial charge in [0.05, 0.1) is 23.8 Å². The minimum absolute atomic E-state index is 0.0691. The molecule has 0 amide bonds. The van der Waals surface area contributed by atoms with Crippen molar-refractivity contribution in [2.45, 2.75) is 18.9 Å². The average Bonchev–Trinajstić information content (AvgIpc) is 3.24. The van der Waals surface area contributed by atoms with E-state index < -0.39 is 15.6 Å². The predicted octanol–water partition coefficient (Wildman–Crippen LogP) is 2.27. The summed E-state index contributed by atoms with van der Waals surface area (Å²) >= 11 is 0. The molecule has 0 bridgehead atoms. The van der Waals surface area contributed by atoms with Crippen LogP contribution in [0, 0.1) is 11.3 Å². The summed E-state index contributed by atoms with van der Waals surface area (Å²) in [5.41, 5.74) is 1.22. The van der Waals surface area contributed by atoms with E-state index in [0.29, 0.717) is 13.1 Å². The van der Waals surface area contributed by atoms with Crippen molar-refractivity contribution in [3.8, 4) is 6.07 Å². The first-order valence-corrected chi connectivity index (χ1v) is 10.4. The molecule has 1 aromatic carbocycles. The number of rotatable bonds is 4. The lowest BCUT2D eigenvalue weighted by molar-refractivity contribution is 0.0726. The topological polar surface area (TPSA) is 111 Å². The average molecular weight is 382 g/mol. The number of aromatic nitrogens is 4. The highest BCUT2D eigenvalue weighted by atomic mass is 32.2. The van der Waals surface area contributed by atoms with Crippen molar-refractivity contribution < 1.29 is 8.42 Å². The van der Waals surface area contributed by atoms with Gasteiger partial charge in [-0.05, 0) is 24.4 Å². The minimum atomic E-state index is -3.25. The maximum absolute atomic E-state index is 12.1. The fourth-order valence-corrected chi connectivity index (χ4v) is 5.30. The van der Waals surface area contributed by atoms with Gasteiger partial charge in [-0.1, -0.05) is 0 Å². The smallest absolute Gasteiger partial charge is 0.213 e. The maximum atomic E-state index is 12.1. The number of sulfonamides is 1. The molecule has 138 valence electrons. The summed E-state index contributed by atoms with van der Waals surface area (Å²) in [6, 6.07) is 6.28. The number of hydrogen-bond donors (Lipinski definition) is 2. The fraction of sp³-hybridized carbons (Fsp3) is 0.333. The SMILES string of the molecule is CCS(=O)(=O)N1CC(CC#N)(n2cc3c(cc4cnc5[nH]ccc3c45)[nH]2)C1. The van der Waals surface area contributed by atoms with Crippen LogP contribution in [0.15, 0.2) is 30.7 Å². The second kappa shape index (κ2) is 5.34. The fourth-order valence-electron chi connectivity index (χ4n) is 4.06. The molecule has 1 fully saturated rings. The molecule has 3 aromatic heterocycles. The molecular formula is C18H18N6O2S.